The van der Waals surface area contributed by atoms with Crippen molar-refractivity contribution in [1.29, 1.82) is 0 Å². The number of hydrogen-bond donors (Lipinski definition) is 3. The highest BCUT2D eigenvalue weighted by atomic mass is 32.2. The number of H-pyrrole nitrogens is 1. The van der Waals surface area contributed by atoms with Gasteiger partial charge in [0, 0.05) is 17.0 Å². The molecule has 1 amide bonds. The molecule has 0 aliphatic heterocycles. The first-order chi connectivity index (χ1) is 15.9. The van der Waals surface area contributed by atoms with Crippen LogP contribution in [0.1, 0.15) is 47.4 Å². The Morgan fingerprint density at radius 2 is 1.94 bits per heavy atom. The number of carbonyl (C=O) groups excluding carboxylic acids is 1. The lowest BCUT2D eigenvalue weighted by molar-refractivity contribution is 0.0920. The first kappa shape index (κ1) is 23.2. The van der Waals surface area contributed by atoms with Gasteiger partial charge in [0.1, 0.15) is 5.82 Å². The zero-order chi connectivity index (χ0) is 23.4. The van der Waals surface area contributed by atoms with E-state index in [1.54, 1.807) is 12.1 Å². The second-order valence-corrected chi connectivity index (χ2v) is 10.7. The second-order valence-electron chi connectivity index (χ2n) is 7.91. The first-order valence-electron chi connectivity index (χ1n) is 10.7. The number of thiophene rings is 1. The molecule has 0 bridgehead atoms. The number of aromatic nitrogens is 2. The maximum absolute atomic E-state index is 13.1. The number of sulfonamides is 1. The molecule has 4 aromatic rings. The minimum atomic E-state index is -3.75. The summed E-state index contributed by atoms with van der Waals surface area (Å²) in [5.74, 6) is 0.449. The summed E-state index contributed by atoms with van der Waals surface area (Å²) < 4.78 is 28.1. The molecule has 3 N–H and O–H groups in total. The van der Waals surface area contributed by atoms with Gasteiger partial charge in [0.15, 0.2) is 0 Å². The fourth-order valence-electron chi connectivity index (χ4n) is 3.53. The zero-order valence-corrected chi connectivity index (χ0v) is 20.0. The van der Waals surface area contributed by atoms with Gasteiger partial charge in [-0.05, 0) is 47.7 Å². The minimum absolute atomic E-state index is 0.0514. The molecular formula is C24H26N4O3S2. The molecule has 172 valence electrons. The Morgan fingerprint density at radius 3 is 2.67 bits per heavy atom. The molecule has 0 saturated carbocycles. The van der Waals surface area contributed by atoms with E-state index < -0.39 is 10.0 Å². The molecule has 7 nitrogen and oxygen atoms in total. The van der Waals surface area contributed by atoms with Crippen LogP contribution in [0.3, 0.4) is 0 Å². The molecule has 0 aliphatic carbocycles. The van der Waals surface area contributed by atoms with Gasteiger partial charge < -0.3 is 10.3 Å². The molecule has 0 aliphatic rings. The van der Waals surface area contributed by atoms with Crippen molar-refractivity contribution in [2.24, 2.45) is 5.92 Å². The highest BCUT2D eigenvalue weighted by molar-refractivity contribution is 7.89. The van der Waals surface area contributed by atoms with E-state index in [4.69, 9.17) is 0 Å². The van der Waals surface area contributed by atoms with Crippen LogP contribution < -0.4 is 10.0 Å². The van der Waals surface area contributed by atoms with Crippen molar-refractivity contribution < 1.29 is 13.2 Å². The number of fused-ring (bicyclic) bond motifs is 1. The van der Waals surface area contributed by atoms with Gasteiger partial charge in [0.2, 0.25) is 10.0 Å². The third kappa shape index (κ3) is 5.32. The number of carbonyl (C=O) groups is 1. The third-order valence-electron chi connectivity index (χ3n) is 5.62. The van der Waals surface area contributed by atoms with Crippen LogP contribution in [0.25, 0.3) is 11.0 Å². The smallest absolute Gasteiger partial charge is 0.251 e. The summed E-state index contributed by atoms with van der Waals surface area (Å²) in [6.07, 6.45) is 0.836. The van der Waals surface area contributed by atoms with E-state index in [9.17, 15) is 13.2 Å². The van der Waals surface area contributed by atoms with Gasteiger partial charge >= 0.3 is 0 Å². The third-order valence-corrected chi connectivity index (χ3v) is 7.90. The molecule has 2 unspecified atom stereocenters. The van der Waals surface area contributed by atoms with Crippen molar-refractivity contribution >= 4 is 38.3 Å². The Morgan fingerprint density at radius 1 is 1.12 bits per heavy atom. The van der Waals surface area contributed by atoms with Gasteiger partial charge in [-0.2, -0.15) is 0 Å². The van der Waals surface area contributed by atoms with Gasteiger partial charge in [-0.3, -0.25) is 4.79 Å². The van der Waals surface area contributed by atoms with Gasteiger partial charge in [-0.15, -0.1) is 11.3 Å². The van der Waals surface area contributed by atoms with E-state index in [0.717, 1.165) is 22.3 Å². The summed E-state index contributed by atoms with van der Waals surface area (Å²) in [6, 6.07) is 17.2. The van der Waals surface area contributed by atoms with Crippen LogP contribution in [0.4, 0.5) is 0 Å². The van der Waals surface area contributed by atoms with Crippen molar-refractivity contribution in [2.45, 2.75) is 37.8 Å². The monoisotopic (exact) mass is 482 g/mol. The molecule has 2 aromatic heterocycles. The van der Waals surface area contributed by atoms with Gasteiger partial charge in [-0.25, -0.2) is 18.1 Å². The van der Waals surface area contributed by atoms with Gasteiger partial charge in [-0.1, -0.05) is 44.5 Å². The molecule has 9 heteroatoms. The average molecular weight is 483 g/mol. The number of nitrogens with one attached hydrogen (secondary N) is 3. The summed E-state index contributed by atoms with van der Waals surface area (Å²) in [5, 5.41) is 4.94. The Balaban J connectivity index is 1.55. The van der Waals surface area contributed by atoms with Crippen LogP contribution in [-0.4, -0.2) is 24.3 Å². The Kier molecular flexibility index (Phi) is 6.92. The molecule has 4 rings (SSSR count). The molecule has 2 atom stereocenters. The lowest BCUT2D eigenvalue weighted by atomic mass is 9.98. The summed E-state index contributed by atoms with van der Waals surface area (Å²) in [7, 11) is -3.75. The quantitative estimate of drug-likeness (QED) is 0.324. The number of rotatable bonds is 9. The Bertz CT molecular complexity index is 1310. The predicted molar refractivity (Wildman–Crippen MR) is 131 cm³/mol. The van der Waals surface area contributed by atoms with E-state index in [2.05, 4.69) is 26.9 Å². The Labute approximate surface area is 197 Å². The molecule has 0 radical (unpaired) electrons. The molecular weight excluding hydrogens is 456 g/mol. The van der Waals surface area contributed by atoms with Crippen molar-refractivity contribution in [1.82, 2.24) is 20.0 Å². The van der Waals surface area contributed by atoms with Crippen molar-refractivity contribution in [2.75, 3.05) is 0 Å². The highest BCUT2D eigenvalue weighted by Gasteiger charge is 2.25. The highest BCUT2D eigenvalue weighted by Crippen LogP contribution is 2.25. The minimum Gasteiger partial charge on any atom is -0.342 e. The normalized spacial score (nSPS) is 13.6. The number of benzene rings is 2. The zero-order valence-electron chi connectivity index (χ0n) is 18.4. The number of hydrogen-bond acceptors (Lipinski definition) is 5. The van der Waals surface area contributed by atoms with Gasteiger partial charge in [0.05, 0.1) is 22.0 Å². The Hall–Kier alpha value is -3.01. The average Bonchev–Trinajstić information content (AvgIpc) is 3.50. The first-order valence-corrected chi connectivity index (χ1v) is 13.1. The van der Waals surface area contributed by atoms with Crippen LogP contribution >= 0.6 is 11.3 Å². The fraction of sp³-hybridized carbons (Fsp3) is 0.250. The maximum Gasteiger partial charge on any atom is 0.251 e. The summed E-state index contributed by atoms with van der Waals surface area (Å²) in [4.78, 5) is 22.0. The maximum atomic E-state index is 13.1. The lowest BCUT2D eigenvalue weighted by Crippen LogP contribution is -2.33. The van der Waals surface area contributed by atoms with Crippen molar-refractivity contribution in [3.63, 3.8) is 0 Å². The van der Waals surface area contributed by atoms with E-state index in [-0.39, 0.29) is 34.9 Å². The van der Waals surface area contributed by atoms with Crippen molar-refractivity contribution in [3.8, 4) is 0 Å². The summed E-state index contributed by atoms with van der Waals surface area (Å²) in [6.45, 7) is 4.31. The number of amides is 1. The van der Waals surface area contributed by atoms with E-state index in [0.29, 0.717) is 5.82 Å². The number of imidazole rings is 1. The molecule has 33 heavy (non-hydrogen) atoms. The molecule has 0 spiro atoms. The van der Waals surface area contributed by atoms with Crippen molar-refractivity contribution in [3.05, 3.63) is 82.3 Å². The van der Waals surface area contributed by atoms with E-state index in [1.807, 2.05) is 48.7 Å². The number of nitrogens with zero attached hydrogens (tertiary/aromatic N) is 1. The van der Waals surface area contributed by atoms with Crippen LogP contribution in [-0.2, 0) is 16.6 Å². The lowest BCUT2D eigenvalue weighted by Gasteiger charge is -2.22. The molecule has 0 saturated heterocycles. The SMILES string of the molecule is CCC(C)C(NC(=O)c1cccc(S(=O)(=O)NCc2cccs2)c1)c1nc2ccccc2[nH]1. The van der Waals surface area contributed by atoms with E-state index >= 15 is 0 Å². The predicted octanol–water partition coefficient (Wildman–Crippen LogP) is 4.62. The number of aromatic amines is 1. The second kappa shape index (κ2) is 9.86. The molecule has 0 fully saturated rings. The van der Waals surface area contributed by atoms with Crippen LogP contribution in [0, 0.1) is 5.92 Å². The molecule has 2 heterocycles. The largest absolute Gasteiger partial charge is 0.342 e. The summed E-state index contributed by atoms with van der Waals surface area (Å²) >= 11 is 1.48. The van der Waals surface area contributed by atoms with E-state index in [1.165, 1.54) is 23.5 Å². The van der Waals surface area contributed by atoms with Crippen LogP contribution in [0.15, 0.2) is 70.9 Å². The number of para-hydroxylation sites is 2. The van der Waals surface area contributed by atoms with Gasteiger partial charge in [0.25, 0.3) is 5.91 Å². The topological polar surface area (TPSA) is 104 Å². The molecule has 2 aromatic carbocycles. The standard InChI is InChI=1S/C24H26N4O3S2/c1-3-16(2)22(23-26-20-11-4-5-12-21(20)27-23)28-24(29)17-8-6-10-19(14-17)33(30,31)25-15-18-9-7-13-32-18/h4-14,16,22,25H,3,15H2,1-2H3,(H,26,27)(H,28,29). The fourth-order valence-corrected chi connectivity index (χ4v) is 5.32. The van der Waals surface area contributed by atoms with Crippen LogP contribution in [0.2, 0.25) is 0 Å². The summed E-state index contributed by atoms with van der Waals surface area (Å²) in [5.41, 5.74) is 2.01. The van der Waals surface area contributed by atoms with Crippen LogP contribution in [0.5, 0.6) is 0 Å².